The Bertz CT molecular complexity index is 937. The van der Waals surface area contributed by atoms with E-state index < -0.39 is 0 Å². The minimum absolute atomic E-state index is 0.0244. The van der Waals surface area contributed by atoms with Crippen LogP contribution in [0.15, 0.2) is 48.8 Å². The van der Waals surface area contributed by atoms with E-state index in [1.165, 1.54) is 0 Å². The standard InChI is InChI=1S/C20H21Cl2N5O/c1-12(2)17(11-28)26-20-25-16(13-6-8-23-9-7-13)10-18(27-20)24-15-5-3-4-14(21)19(15)22/h3-10,12,17,28H,11H2,1-2H3,(H2,24,25,26,27)/t17-/m0/s1. The van der Waals surface area contributed by atoms with Crippen LogP contribution in [0.4, 0.5) is 17.5 Å². The van der Waals surface area contributed by atoms with E-state index in [1.54, 1.807) is 24.5 Å². The number of benzene rings is 1. The van der Waals surface area contributed by atoms with E-state index in [4.69, 9.17) is 23.2 Å². The third-order valence-corrected chi connectivity index (χ3v) is 5.05. The molecule has 1 aromatic carbocycles. The molecule has 0 fully saturated rings. The molecule has 0 radical (unpaired) electrons. The number of halogens is 2. The van der Waals surface area contributed by atoms with Gasteiger partial charge in [0.25, 0.3) is 0 Å². The minimum atomic E-state index is -0.171. The lowest BCUT2D eigenvalue weighted by Gasteiger charge is -2.21. The summed E-state index contributed by atoms with van der Waals surface area (Å²) in [6, 6.07) is 10.7. The number of aromatic nitrogens is 3. The van der Waals surface area contributed by atoms with Crippen LogP contribution >= 0.6 is 23.2 Å². The molecular formula is C20H21Cl2N5O. The molecule has 0 unspecified atom stereocenters. The van der Waals surface area contributed by atoms with Crippen molar-refractivity contribution in [3.8, 4) is 11.3 Å². The summed E-state index contributed by atoms with van der Waals surface area (Å²) in [6.07, 6.45) is 3.41. The lowest BCUT2D eigenvalue weighted by molar-refractivity contribution is 0.248. The summed E-state index contributed by atoms with van der Waals surface area (Å²) in [4.78, 5) is 13.2. The highest BCUT2D eigenvalue weighted by Crippen LogP contribution is 2.32. The van der Waals surface area contributed by atoms with Gasteiger partial charge in [-0.1, -0.05) is 43.1 Å². The van der Waals surface area contributed by atoms with Crippen LogP contribution in [0.3, 0.4) is 0 Å². The van der Waals surface area contributed by atoms with Crippen molar-refractivity contribution < 1.29 is 5.11 Å². The lowest BCUT2D eigenvalue weighted by Crippen LogP contribution is -2.30. The zero-order valence-corrected chi connectivity index (χ0v) is 17.0. The van der Waals surface area contributed by atoms with Gasteiger partial charge in [-0.25, -0.2) is 4.98 Å². The zero-order valence-electron chi connectivity index (χ0n) is 15.5. The van der Waals surface area contributed by atoms with Crippen LogP contribution in [-0.4, -0.2) is 32.7 Å². The van der Waals surface area contributed by atoms with Crippen molar-refractivity contribution in [2.75, 3.05) is 17.2 Å². The van der Waals surface area contributed by atoms with Crippen LogP contribution in [0.25, 0.3) is 11.3 Å². The topological polar surface area (TPSA) is 83.0 Å². The van der Waals surface area contributed by atoms with E-state index in [-0.39, 0.29) is 18.6 Å². The molecule has 0 spiro atoms. The van der Waals surface area contributed by atoms with Crippen molar-refractivity contribution in [3.63, 3.8) is 0 Å². The van der Waals surface area contributed by atoms with Gasteiger partial charge >= 0.3 is 0 Å². The number of hydrogen-bond donors (Lipinski definition) is 3. The first kappa shape index (κ1) is 20.3. The molecule has 3 N–H and O–H groups in total. The normalized spacial score (nSPS) is 12.1. The van der Waals surface area contributed by atoms with Gasteiger partial charge in [0.1, 0.15) is 5.82 Å². The molecule has 146 valence electrons. The SMILES string of the molecule is CC(C)[C@H](CO)Nc1nc(Nc2cccc(Cl)c2Cl)cc(-c2ccncc2)n1. The smallest absolute Gasteiger partial charge is 0.225 e. The average Bonchev–Trinajstić information content (AvgIpc) is 2.70. The number of nitrogens with one attached hydrogen (secondary N) is 2. The van der Waals surface area contributed by atoms with Crippen LogP contribution in [0, 0.1) is 5.92 Å². The highest BCUT2D eigenvalue weighted by Gasteiger charge is 2.15. The van der Waals surface area contributed by atoms with Crippen molar-refractivity contribution in [1.82, 2.24) is 15.0 Å². The molecular weight excluding hydrogens is 397 g/mol. The number of nitrogens with zero attached hydrogens (tertiary/aromatic N) is 3. The third kappa shape index (κ3) is 4.90. The van der Waals surface area contributed by atoms with Gasteiger partial charge in [0.05, 0.1) is 34.1 Å². The second-order valence-corrected chi connectivity index (χ2v) is 7.39. The second kappa shape index (κ2) is 9.19. The van der Waals surface area contributed by atoms with Crippen LogP contribution in [0.2, 0.25) is 10.0 Å². The molecule has 0 aliphatic heterocycles. The summed E-state index contributed by atoms with van der Waals surface area (Å²) in [5, 5.41) is 16.9. The van der Waals surface area contributed by atoms with Crippen LogP contribution in [0.1, 0.15) is 13.8 Å². The van der Waals surface area contributed by atoms with Gasteiger partial charge in [0.2, 0.25) is 5.95 Å². The first-order valence-electron chi connectivity index (χ1n) is 8.86. The largest absolute Gasteiger partial charge is 0.394 e. The molecule has 0 saturated carbocycles. The molecule has 3 aromatic rings. The van der Waals surface area contributed by atoms with Gasteiger partial charge in [0, 0.05) is 24.0 Å². The van der Waals surface area contributed by atoms with Crippen LogP contribution < -0.4 is 10.6 Å². The molecule has 6 nitrogen and oxygen atoms in total. The Kier molecular flexibility index (Phi) is 6.67. The van der Waals surface area contributed by atoms with E-state index in [1.807, 2.05) is 38.1 Å². The van der Waals surface area contributed by atoms with Crippen LogP contribution in [0.5, 0.6) is 0 Å². The highest BCUT2D eigenvalue weighted by molar-refractivity contribution is 6.43. The highest BCUT2D eigenvalue weighted by atomic mass is 35.5. The first-order chi connectivity index (χ1) is 13.5. The number of pyridine rings is 1. The number of aliphatic hydroxyl groups excluding tert-OH is 1. The van der Waals surface area contributed by atoms with E-state index in [0.717, 1.165) is 5.56 Å². The van der Waals surface area contributed by atoms with Gasteiger partial charge in [-0.2, -0.15) is 4.98 Å². The molecule has 2 aromatic heterocycles. The van der Waals surface area contributed by atoms with E-state index in [0.29, 0.717) is 33.2 Å². The van der Waals surface area contributed by atoms with E-state index in [2.05, 4.69) is 25.6 Å². The van der Waals surface area contributed by atoms with Gasteiger partial charge in [-0.05, 0) is 30.2 Å². The fourth-order valence-electron chi connectivity index (χ4n) is 2.57. The second-order valence-electron chi connectivity index (χ2n) is 6.60. The van der Waals surface area contributed by atoms with Crippen molar-refractivity contribution in [3.05, 3.63) is 58.8 Å². The number of anilines is 3. The predicted molar refractivity (Wildman–Crippen MR) is 114 cm³/mol. The average molecular weight is 418 g/mol. The van der Waals surface area contributed by atoms with Crippen molar-refractivity contribution in [2.45, 2.75) is 19.9 Å². The summed E-state index contributed by atoms with van der Waals surface area (Å²) in [5.74, 6) is 1.16. The van der Waals surface area contributed by atoms with Crippen LogP contribution in [-0.2, 0) is 0 Å². The predicted octanol–water partition coefficient (Wildman–Crippen LogP) is 5.02. The molecule has 2 heterocycles. The van der Waals surface area contributed by atoms with Gasteiger partial charge < -0.3 is 15.7 Å². The maximum Gasteiger partial charge on any atom is 0.225 e. The Labute approximate surface area is 174 Å². The van der Waals surface area contributed by atoms with Crippen molar-refractivity contribution in [1.29, 1.82) is 0 Å². The fraction of sp³-hybridized carbons (Fsp3) is 0.250. The Morgan fingerprint density at radius 1 is 1.07 bits per heavy atom. The lowest BCUT2D eigenvalue weighted by atomic mass is 10.1. The molecule has 1 atom stereocenters. The molecule has 8 heteroatoms. The molecule has 0 saturated heterocycles. The minimum Gasteiger partial charge on any atom is -0.394 e. The summed E-state index contributed by atoms with van der Waals surface area (Å²) in [7, 11) is 0. The number of rotatable bonds is 7. The molecule has 0 aliphatic carbocycles. The maximum absolute atomic E-state index is 9.64. The van der Waals surface area contributed by atoms with Crippen molar-refractivity contribution >= 4 is 40.7 Å². The Morgan fingerprint density at radius 3 is 2.50 bits per heavy atom. The molecule has 0 aliphatic rings. The van der Waals surface area contributed by atoms with E-state index >= 15 is 0 Å². The third-order valence-electron chi connectivity index (χ3n) is 4.23. The summed E-state index contributed by atoms with van der Waals surface area (Å²) < 4.78 is 0. The van der Waals surface area contributed by atoms with Gasteiger partial charge in [-0.3, -0.25) is 4.98 Å². The Balaban J connectivity index is 2.00. The maximum atomic E-state index is 9.64. The molecule has 0 bridgehead atoms. The number of aliphatic hydroxyl groups is 1. The summed E-state index contributed by atoms with van der Waals surface area (Å²) in [6.45, 7) is 4.01. The van der Waals surface area contributed by atoms with Gasteiger partial charge in [-0.15, -0.1) is 0 Å². The first-order valence-corrected chi connectivity index (χ1v) is 9.61. The van der Waals surface area contributed by atoms with Crippen molar-refractivity contribution in [2.24, 2.45) is 5.92 Å². The molecule has 3 rings (SSSR count). The Hall–Kier alpha value is -2.41. The number of hydrogen-bond acceptors (Lipinski definition) is 6. The van der Waals surface area contributed by atoms with Gasteiger partial charge in [0.15, 0.2) is 0 Å². The summed E-state index contributed by atoms with van der Waals surface area (Å²) in [5.41, 5.74) is 2.24. The quantitative estimate of drug-likeness (QED) is 0.500. The summed E-state index contributed by atoms with van der Waals surface area (Å²) >= 11 is 12.4. The molecule has 28 heavy (non-hydrogen) atoms. The Morgan fingerprint density at radius 2 is 1.82 bits per heavy atom. The molecule has 0 amide bonds. The fourth-order valence-corrected chi connectivity index (χ4v) is 2.92. The van der Waals surface area contributed by atoms with E-state index in [9.17, 15) is 5.11 Å². The monoisotopic (exact) mass is 417 g/mol. The zero-order chi connectivity index (χ0) is 20.1.